The zero-order chi connectivity index (χ0) is 19.0. The van der Waals surface area contributed by atoms with Crippen LogP contribution in [0.15, 0.2) is 79.3 Å². The van der Waals surface area contributed by atoms with Crippen molar-refractivity contribution in [1.82, 2.24) is 4.90 Å². The van der Waals surface area contributed by atoms with Crippen molar-refractivity contribution >= 4 is 5.82 Å². The Balaban J connectivity index is 1.81. The predicted octanol–water partition coefficient (Wildman–Crippen LogP) is 3.24. The average molecular weight is 358 g/mol. The molecular formula is C23H26N4+2. The minimum Gasteiger partial charge on any atom is -0.339 e. The fourth-order valence-electron chi connectivity index (χ4n) is 3.61. The molecule has 4 heteroatoms. The summed E-state index contributed by atoms with van der Waals surface area (Å²) in [6.07, 6.45) is 6.70. The van der Waals surface area contributed by atoms with Crippen molar-refractivity contribution in [3.63, 3.8) is 0 Å². The average Bonchev–Trinajstić information content (AvgIpc) is 3.02. The molecule has 0 amide bonds. The van der Waals surface area contributed by atoms with Crippen molar-refractivity contribution in [2.75, 3.05) is 11.9 Å². The fourth-order valence-corrected chi connectivity index (χ4v) is 3.61. The molecule has 1 aliphatic heterocycles. The zero-order valence-electron chi connectivity index (χ0n) is 16.4. The largest absolute Gasteiger partial charge is 0.339 e. The molecule has 0 saturated heterocycles. The highest BCUT2D eigenvalue weighted by Gasteiger charge is 2.31. The van der Waals surface area contributed by atoms with E-state index in [1.807, 2.05) is 0 Å². The molecule has 4 nitrogen and oxygen atoms in total. The first-order valence-electron chi connectivity index (χ1n) is 9.29. The van der Waals surface area contributed by atoms with Crippen LogP contribution >= 0.6 is 0 Å². The van der Waals surface area contributed by atoms with Crippen LogP contribution in [0.1, 0.15) is 6.92 Å². The Bertz CT molecular complexity index is 995. The first kappa shape index (κ1) is 17.3. The maximum Gasteiger partial charge on any atom is 0.283 e. The van der Waals surface area contributed by atoms with Crippen LogP contribution < -0.4 is 14.0 Å². The third-order valence-corrected chi connectivity index (χ3v) is 5.44. The second-order valence-corrected chi connectivity index (χ2v) is 7.11. The number of hydrogen-bond donors (Lipinski definition) is 0. The van der Waals surface area contributed by atoms with Gasteiger partial charge in [-0.3, -0.25) is 0 Å². The van der Waals surface area contributed by atoms with E-state index < -0.39 is 0 Å². The van der Waals surface area contributed by atoms with E-state index in [1.165, 1.54) is 28.3 Å². The van der Waals surface area contributed by atoms with Crippen LogP contribution in [0.2, 0.25) is 0 Å². The fraction of sp³-hybridized carbons (Fsp3) is 0.217. The van der Waals surface area contributed by atoms with Crippen molar-refractivity contribution in [3.8, 4) is 22.5 Å². The molecule has 0 radical (unpaired) electrons. The van der Waals surface area contributed by atoms with E-state index in [-0.39, 0.29) is 0 Å². The number of benzene rings is 1. The van der Waals surface area contributed by atoms with Crippen LogP contribution in [0.25, 0.3) is 22.5 Å². The van der Waals surface area contributed by atoms with E-state index in [1.54, 1.807) is 0 Å². The molecule has 1 aromatic carbocycles. The Kier molecular flexibility index (Phi) is 4.40. The van der Waals surface area contributed by atoms with E-state index in [4.69, 9.17) is 0 Å². The molecule has 1 atom stereocenters. The summed E-state index contributed by atoms with van der Waals surface area (Å²) in [6.45, 7) is 2.21. The number of aryl methyl sites for hydroxylation is 1. The summed E-state index contributed by atoms with van der Waals surface area (Å²) in [5.74, 6) is 1.17. The molecule has 0 aliphatic carbocycles. The summed E-state index contributed by atoms with van der Waals surface area (Å²) in [7, 11) is 6.34. The van der Waals surface area contributed by atoms with Gasteiger partial charge in [0.25, 0.3) is 11.5 Å². The van der Waals surface area contributed by atoms with Crippen LogP contribution in [0.3, 0.4) is 0 Å². The van der Waals surface area contributed by atoms with Crippen LogP contribution in [0, 0.1) is 0 Å². The Morgan fingerprint density at radius 1 is 0.815 bits per heavy atom. The van der Waals surface area contributed by atoms with Gasteiger partial charge in [0.2, 0.25) is 0 Å². The lowest BCUT2D eigenvalue weighted by Gasteiger charge is -2.21. The second kappa shape index (κ2) is 6.88. The lowest BCUT2D eigenvalue weighted by atomic mass is 10.0. The molecule has 3 aromatic rings. The standard InChI is InChI=1S/C23H26N4/c1-18-24(2)15-16-27(18)23-12-8-11-21(26(23)4)22-17-20(13-14-25(22)3)19-9-6-5-7-10-19/h5-18H,1-4H3/q+2/t18-/m0/s1. The molecule has 2 aromatic heterocycles. The SMILES string of the molecule is C[C@H]1N(C)C=CN1c1cccc(-c2cc(-c3ccccc3)cc[n+]2C)[n+]1C. The molecule has 0 spiro atoms. The van der Waals surface area contributed by atoms with Crippen LogP contribution in [0.5, 0.6) is 0 Å². The minimum atomic E-state index is 0.302. The maximum atomic E-state index is 2.30. The number of aromatic nitrogens is 2. The van der Waals surface area contributed by atoms with E-state index in [0.29, 0.717) is 6.17 Å². The number of nitrogens with zero attached hydrogens (tertiary/aromatic N) is 4. The first-order chi connectivity index (χ1) is 13.1. The zero-order valence-corrected chi connectivity index (χ0v) is 16.4. The van der Waals surface area contributed by atoms with Crippen molar-refractivity contribution in [3.05, 3.63) is 79.3 Å². The van der Waals surface area contributed by atoms with Gasteiger partial charge in [-0.2, -0.15) is 4.57 Å². The first-order valence-corrected chi connectivity index (χ1v) is 9.29. The van der Waals surface area contributed by atoms with Gasteiger partial charge >= 0.3 is 0 Å². The van der Waals surface area contributed by atoms with Gasteiger partial charge in [-0.25, -0.2) is 9.47 Å². The lowest BCUT2D eigenvalue weighted by molar-refractivity contribution is -0.684. The van der Waals surface area contributed by atoms with Crippen LogP contribution in [-0.2, 0) is 14.1 Å². The topological polar surface area (TPSA) is 14.2 Å². The van der Waals surface area contributed by atoms with Gasteiger partial charge in [0.05, 0.1) is 7.05 Å². The molecule has 0 N–H and O–H groups in total. The van der Waals surface area contributed by atoms with Gasteiger partial charge in [-0.1, -0.05) is 30.3 Å². The number of hydrogen-bond acceptors (Lipinski definition) is 2. The van der Waals surface area contributed by atoms with Crippen molar-refractivity contribution in [2.45, 2.75) is 13.1 Å². The predicted molar refractivity (Wildman–Crippen MR) is 109 cm³/mol. The lowest BCUT2D eigenvalue weighted by Crippen LogP contribution is -2.45. The summed E-state index contributed by atoms with van der Waals surface area (Å²) in [4.78, 5) is 4.51. The molecule has 27 heavy (non-hydrogen) atoms. The number of pyridine rings is 2. The van der Waals surface area contributed by atoms with E-state index >= 15 is 0 Å². The Morgan fingerprint density at radius 3 is 2.30 bits per heavy atom. The van der Waals surface area contributed by atoms with E-state index in [9.17, 15) is 0 Å². The summed E-state index contributed by atoms with van der Waals surface area (Å²) in [5.41, 5.74) is 4.83. The molecule has 0 unspecified atom stereocenters. The third-order valence-electron chi connectivity index (χ3n) is 5.44. The summed E-state index contributed by atoms with van der Waals surface area (Å²) < 4.78 is 4.45. The third kappa shape index (κ3) is 3.08. The van der Waals surface area contributed by atoms with Crippen molar-refractivity contribution < 1.29 is 9.13 Å². The van der Waals surface area contributed by atoms with Gasteiger partial charge in [0.1, 0.15) is 13.2 Å². The van der Waals surface area contributed by atoms with Crippen molar-refractivity contribution in [1.29, 1.82) is 0 Å². The Hall–Kier alpha value is -3.14. The van der Waals surface area contributed by atoms with Gasteiger partial charge in [0, 0.05) is 31.4 Å². The smallest absolute Gasteiger partial charge is 0.283 e. The number of rotatable bonds is 3. The Morgan fingerprint density at radius 2 is 1.59 bits per heavy atom. The minimum absolute atomic E-state index is 0.302. The molecule has 0 saturated carbocycles. The van der Waals surface area contributed by atoms with Gasteiger partial charge in [0.15, 0.2) is 18.1 Å². The molecule has 0 bridgehead atoms. The molecule has 1 aliphatic rings. The van der Waals surface area contributed by atoms with Gasteiger partial charge in [-0.05, 0) is 30.2 Å². The second-order valence-electron chi connectivity index (χ2n) is 7.11. The molecule has 4 rings (SSSR count). The maximum absolute atomic E-state index is 2.30. The summed E-state index contributed by atoms with van der Waals surface area (Å²) in [6, 6.07) is 21.5. The van der Waals surface area contributed by atoms with E-state index in [2.05, 4.69) is 126 Å². The van der Waals surface area contributed by atoms with E-state index in [0.717, 1.165) is 0 Å². The molecule has 136 valence electrons. The molecular weight excluding hydrogens is 332 g/mol. The highest BCUT2D eigenvalue weighted by molar-refractivity contribution is 5.66. The molecule has 3 heterocycles. The quantitative estimate of drug-likeness (QED) is 0.668. The van der Waals surface area contributed by atoms with Gasteiger partial charge in [-0.15, -0.1) is 0 Å². The van der Waals surface area contributed by atoms with Crippen LogP contribution in [0.4, 0.5) is 5.82 Å². The van der Waals surface area contributed by atoms with Crippen LogP contribution in [-0.4, -0.2) is 18.1 Å². The Labute approximate surface area is 161 Å². The summed E-state index contributed by atoms with van der Waals surface area (Å²) >= 11 is 0. The monoisotopic (exact) mass is 358 g/mol. The highest BCUT2D eigenvalue weighted by Crippen LogP contribution is 2.25. The highest BCUT2D eigenvalue weighted by atomic mass is 15.4. The summed E-state index contributed by atoms with van der Waals surface area (Å²) in [5, 5.41) is 0. The molecule has 0 fully saturated rings. The normalized spacial score (nSPS) is 16.2. The van der Waals surface area contributed by atoms with Gasteiger partial charge < -0.3 is 4.90 Å². The van der Waals surface area contributed by atoms with Crippen molar-refractivity contribution in [2.24, 2.45) is 14.1 Å². The number of anilines is 1.